The Bertz CT molecular complexity index is 1190. The SMILES string of the molecule is CCOc1ccc(NC2=C(c3ccc(OC)cc3)C(=O)N(Cc3ccc(F)cc3)C2=O)cc1. The lowest BCUT2D eigenvalue weighted by Gasteiger charge is -2.15. The van der Waals surface area contributed by atoms with Crippen molar-refractivity contribution in [2.75, 3.05) is 19.0 Å². The van der Waals surface area contributed by atoms with Crippen molar-refractivity contribution in [2.45, 2.75) is 13.5 Å². The molecule has 0 bridgehead atoms. The molecule has 1 N–H and O–H groups in total. The van der Waals surface area contributed by atoms with E-state index in [0.717, 1.165) is 4.90 Å². The number of anilines is 1. The quantitative estimate of drug-likeness (QED) is 0.511. The first-order chi connectivity index (χ1) is 16.0. The lowest BCUT2D eigenvalue weighted by atomic mass is 10.0. The van der Waals surface area contributed by atoms with Gasteiger partial charge in [-0.2, -0.15) is 0 Å². The number of halogens is 1. The number of ether oxygens (including phenoxy) is 2. The van der Waals surface area contributed by atoms with Crippen molar-refractivity contribution in [3.63, 3.8) is 0 Å². The molecule has 0 atom stereocenters. The maximum atomic E-state index is 13.4. The predicted molar refractivity (Wildman–Crippen MR) is 123 cm³/mol. The van der Waals surface area contributed by atoms with Crippen molar-refractivity contribution < 1.29 is 23.5 Å². The number of nitrogens with zero attached hydrogens (tertiary/aromatic N) is 1. The zero-order valence-corrected chi connectivity index (χ0v) is 18.3. The lowest BCUT2D eigenvalue weighted by Crippen LogP contribution is -2.32. The predicted octanol–water partition coefficient (Wildman–Crippen LogP) is 4.63. The highest BCUT2D eigenvalue weighted by Crippen LogP contribution is 2.32. The van der Waals surface area contributed by atoms with Gasteiger partial charge in [-0.25, -0.2) is 4.39 Å². The van der Waals surface area contributed by atoms with Gasteiger partial charge in [-0.05, 0) is 66.6 Å². The van der Waals surface area contributed by atoms with Crippen LogP contribution in [-0.4, -0.2) is 30.4 Å². The summed E-state index contributed by atoms with van der Waals surface area (Å²) in [5, 5.41) is 3.11. The van der Waals surface area contributed by atoms with Crippen molar-refractivity contribution in [3.8, 4) is 11.5 Å². The number of nitrogens with one attached hydrogen (secondary N) is 1. The molecule has 7 heteroatoms. The fourth-order valence-corrected chi connectivity index (χ4v) is 3.58. The third kappa shape index (κ3) is 4.72. The van der Waals surface area contributed by atoms with Crippen LogP contribution in [0, 0.1) is 5.82 Å². The van der Waals surface area contributed by atoms with Gasteiger partial charge >= 0.3 is 0 Å². The van der Waals surface area contributed by atoms with Crippen LogP contribution in [0.2, 0.25) is 0 Å². The Balaban J connectivity index is 1.69. The van der Waals surface area contributed by atoms with Gasteiger partial charge in [0.15, 0.2) is 0 Å². The molecule has 2 amide bonds. The Morgan fingerprint density at radius 3 is 2.09 bits per heavy atom. The van der Waals surface area contributed by atoms with E-state index >= 15 is 0 Å². The summed E-state index contributed by atoms with van der Waals surface area (Å²) in [6.45, 7) is 2.48. The molecule has 3 aromatic carbocycles. The van der Waals surface area contributed by atoms with Gasteiger partial charge in [0.25, 0.3) is 11.8 Å². The summed E-state index contributed by atoms with van der Waals surface area (Å²) in [6.07, 6.45) is 0. The highest BCUT2D eigenvalue weighted by Gasteiger charge is 2.39. The Labute approximate surface area is 191 Å². The smallest absolute Gasteiger partial charge is 0.278 e. The second-order valence-corrected chi connectivity index (χ2v) is 7.38. The molecule has 1 aliphatic rings. The van der Waals surface area contributed by atoms with E-state index in [0.29, 0.717) is 34.9 Å². The fourth-order valence-electron chi connectivity index (χ4n) is 3.58. The van der Waals surface area contributed by atoms with Gasteiger partial charge in [0.1, 0.15) is 23.0 Å². The maximum absolute atomic E-state index is 13.4. The standard InChI is InChI=1S/C26H23FN2O4/c1-3-33-22-14-10-20(11-15-22)28-24-23(18-6-12-21(32-2)13-7-18)25(30)29(26(24)31)16-17-4-8-19(27)9-5-17/h4-15,28H,3,16H2,1-2H3. The Kier molecular flexibility index (Phi) is 6.40. The number of rotatable bonds is 8. The molecule has 0 aromatic heterocycles. The minimum atomic E-state index is -0.455. The molecule has 4 rings (SSSR count). The number of amides is 2. The van der Waals surface area contributed by atoms with Gasteiger partial charge in [0, 0.05) is 5.69 Å². The van der Waals surface area contributed by atoms with Crippen LogP contribution in [0.1, 0.15) is 18.1 Å². The van der Waals surface area contributed by atoms with E-state index in [1.54, 1.807) is 67.8 Å². The van der Waals surface area contributed by atoms with Crippen LogP contribution in [0.4, 0.5) is 10.1 Å². The van der Waals surface area contributed by atoms with Crippen LogP contribution in [0.3, 0.4) is 0 Å². The van der Waals surface area contributed by atoms with Crippen LogP contribution in [0.25, 0.3) is 5.57 Å². The van der Waals surface area contributed by atoms with Gasteiger partial charge in [0.05, 0.1) is 25.8 Å². The van der Waals surface area contributed by atoms with E-state index in [4.69, 9.17) is 9.47 Å². The minimum Gasteiger partial charge on any atom is -0.497 e. The molecule has 33 heavy (non-hydrogen) atoms. The highest BCUT2D eigenvalue weighted by atomic mass is 19.1. The number of benzene rings is 3. The third-order valence-electron chi connectivity index (χ3n) is 5.24. The summed E-state index contributed by atoms with van der Waals surface area (Å²) in [4.78, 5) is 27.8. The van der Waals surface area contributed by atoms with Crippen molar-refractivity contribution in [1.82, 2.24) is 4.90 Å². The van der Waals surface area contributed by atoms with Gasteiger partial charge < -0.3 is 14.8 Å². The van der Waals surface area contributed by atoms with E-state index in [1.807, 2.05) is 6.92 Å². The molecular weight excluding hydrogens is 423 g/mol. The van der Waals surface area contributed by atoms with Crippen LogP contribution >= 0.6 is 0 Å². The topological polar surface area (TPSA) is 67.9 Å². The molecule has 0 aliphatic carbocycles. The summed E-state index contributed by atoms with van der Waals surface area (Å²) in [5.74, 6) is 0.0826. The zero-order chi connectivity index (χ0) is 23.4. The van der Waals surface area contributed by atoms with Crippen LogP contribution < -0.4 is 14.8 Å². The average molecular weight is 446 g/mol. The summed E-state index contributed by atoms with van der Waals surface area (Å²) < 4.78 is 24.0. The first kappa shape index (κ1) is 22.1. The number of carbonyl (C=O) groups is 2. The van der Waals surface area contributed by atoms with Crippen molar-refractivity contribution in [3.05, 3.63) is 95.4 Å². The molecule has 3 aromatic rings. The molecule has 6 nitrogen and oxygen atoms in total. The Morgan fingerprint density at radius 2 is 1.48 bits per heavy atom. The molecular formula is C26H23FN2O4. The molecule has 168 valence electrons. The van der Waals surface area contributed by atoms with Crippen LogP contribution in [-0.2, 0) is 16.1 Å². The normalized spacial score (nSPS) is 13.5. The average Bonchev–Trinajstić information content (AvgIpc) is 3.06. The minimum absolute atomic E-state index is 0.0338. The molecule has 1 aliphatic heterocycles. The fraction of sp³-hybridized carbons (Fsp3) is 0.154. The molecule has 0 spiro atoms. The van der Waals surface area contributed by atoms with Gasteiger partial charge in [-0.1, -0.05) is 24.3 Å². The third-order valence-corrected chi connectivity index (χ3v) is 5.24. The van der Waals surface area contributed by atoms with Gasteiger partial charge in [-0.15, -0.1) is 0 Å². The number of imide groups is 1. The lowest BCUT2D eigenvalue weighted by molar-refractivity contribution is -0.137. The first-order valence-corrected chi connectivity index (χ1v) is 10.5. The van der Waals surface area contributed by atoms with E-state index in [1.165, 1.54) is 12.1 Å². The van der Waals surface area contributed by atoms with E-state index in [9.17, 15) is 14.0 Å². The van der Waals surface area contributed by atoms with Gasteiger partial charge in [0.2, 0.25) is 0 Å². The summed E-state index contributed by atoms with van der Waals surface area (Å²) in [7, 11) is 1.56. The second kappa shape index (κ2) is 9.56. The second-order valence-electron chi connectivity index (χ2n) is 7.38. The van der Waals surface area contributed by atoms with Crippen LogP contribution in [0.15, 0.2) is 78.5 Å². The maximum Gasteiger partial charge on any atom is 0.278 e. The largest absolute Gasteiger partial charge is 0.497 e. The molecule has 0 unspecified atom stereocenters. The first-order valence-electron chi connectivity index (χ1n) is 10.5. The van der Waals surface area contributed by atoms with E-state index < -0.39 is 11.8 Å². The number of hydrogen-bond acceptors (Lipinski definition) is 5. The van der Waals surface area contributed by atoms with Crippen molar-refractivity contribution >= 4 is 23.1 Å². The summed E-state index contributed by atoms with van der Waals surface area (Å²) in [6, 6.07) is 19.8. The van der Waals surface area contributed by atoms with Crippen molar-refractivity contribution in [2.24, 2.45) is 0 Å². The summed E-state index contributed by atoms with van der Waals surface area (Å²) >= 11 is 0. The molecule has 0 fully saturated rings. The van der Waals surface area contributed by atoms with E-state index in [-0.39, 0.29) is 23.6 Å². The monoisotopic (exact) mass is 446 g/mol. The van der Waals surface area contributed by atoms with Gasteiger partial charge in [-0.3, -0.25) is 14.5 Å². The highest BCUT2D eigenvalue weighted by molar-refractivity contribution is 6.36. The zero-order valence-electron chi connectivity index (χ0n) is 18.3. The number of methoxy groups -OCH3 is 1. The molecule has 1 heterocycles. The number of hydrogen-bond donors (Lipinski definition) is 1. The van der Waals surface area contributed by atoms with Crippen molar-refractivity contribution in [1.29, 1.82) is 0 Å². The van der Waals surface area contributed by atoms with E-state index in [2.05, 4.69) is 5.32 Å². The molecule has 0 saturated carbocycles. The summed E-state index contributed by atoms with van der Waals surface area (Å²) in [5.41, 5.74) is 2.32. The van der Waals surface area contributed by atoms with Crippen LogP contribution in [0.5, 0.6) is 11.5 Å². The Morgan fingerprint density at radius 1 is 0.848 bits per heavy atom. The molecule has 0 saturated heterocycles. The number of carbonyl (C=O) groups excluding carboxylic acids is 2. The molecule has 0 radical (unpaired) electrons. The Hall–Kier alpha value is -4.13.